The Hall–Kier alpha value is 0.249. The van der Waals surface area contributed by atoms with E-state index >= 15 is 0 Å². The van der Waals surface area contributed by atoms with Gasteiger partial charge in [-0.15, -0.1) is 0 Å². The van der Waals surface area contributed by atoms with Gasteiger partial charge in [0.2, 0.25) is 0 Å². The molecule has 132 valence electrons. The van der Waals surface area contributed by atoms with Gasteiger partial charge < -0.3 is 58.5 Å². The van der Waals surface area contributed by atoms with E-state index in [9.17, 15) is 33.5 Å². The third-order valence-corrected chi connectivity index (χ3v) is 3.19. The van der Waals surface area contributed by atoms with Crippen LogP contribution in [0.4, 0.5) is 0 Å². The van der Waals surface area contributed by atoms with Crippen molar-refractivity contribution in [3.63, 3.8) is 0 Å². The van der Waals surface area contributed by atoms with Crippen molar-refractivity contribution >= 4 is 21.4 Å². The van der Waals surface area contributed by atoms with Gasteiger partial charge in [0.15, 0.2) is 5.78 Å². The van der Waals surface area contributed by atoms with Gasteiger partial charge in [-0.3, -0.25) is 4.79 Å². The summed E-state index contributed by atoms with van der Waals surface area (Å²) in [5, 5.41) is 43.1. The smallest absolute Gasteiger partial charge is 0.790 e. The first-order valence-electron chi connectivity index (χ1n) is 4.79. The average molecular weight is 410 g/mol. The summed E-state index contributed by atoms with van der Waals surface area (Å²) in [5.74, 6) is -1.00. The zero-order valence-electron chi connectivity index (χ0n) is 10.4. The van der Waals surface area contributed by atoms with E-state index in [-0.39, 0.29) is 17.1 Å². The molecule has 3 atom stereocenters. The van der Waals surface area contributed by atoms with Crippen molar-refractivity contribution < 1.29 is 80.4 Å². The van der Waals surface area contributed by atoms with E-state index in [4.69, 9.17) is 25.5 Å². The summed E-state index contributed by atoms with van der Waals surface area (Å²) in [6, 6.07) is 0. The first-order chi connectivity index (χ1) is 9.25. The van der Waals surface area contributed by atoms with E-state index < -0.39 is 53.0 Å². The summed E-state index contributed by atoms with van der Waals surface area (Å²) < 4.78 is 21.2. The molecule has 0 aliphatic rings. The van der Waals surface area contributed by atoms with E-state index in [1.165, 1.54) is 0 Å². The molecule has 0 aliphatic heterocycles. The van der Waals surface area contributed by atoms with E-state index in [1.54, 1.807) is 0 Å². The molecule has 13 nitrogen and oxygen atoms in total. The van der Waals surface area contributed by atoms with Gasteiger partial charge in [0.1, 0.15) is 24.9 Å². The minimum Gasteiger partial charge on any atom is -0.790 e. The maximum atomic E-state index is 10.5. The molecule has 16 heteroatoms. The number of hydrogen-bond donors (Lipinski definition) is 5. The van der Waals surface area contributed by atoms with Gasteiger partial charge in [-0.05, 0) is 0 Å². The fraction of sp³-hybridized carbons (Fsp3) is 0.833. The second kappa shape index (κ2) is 11.7. The minimum atomic E-state index is -5.68. The number of phosphoric acid groups is 2. The molecule has 0 aromatic rings. The quantitative estimate of drug-likeness (QED) is 0.193. The molecular weight excluding hydrogens is 398 g/mol. The Balaban J connectivity index is -0.000000326. The average Bonchev–Trinajstić information content (AvgIpc) is 2.31. The predicted molar refractivity (Wildman–Crippen MR) is 53.5 cm³/mol. The van der Waals surface area contributed by atoms with E-state index in [0.29, 0.717) is 0 Å². The van der Waals surface area contributed by atoms with Crippen molar-refractivity contribution in [3.05, 3.63) is 0 Å². The molecule has 0 radical (unpaired) electrons. The van der Waals surface area contributed by atoms with Crippen LogP contribution < -0.4 is 19.6 Å². The molecule has 0 amide bonds. The Morgan fingerprint density at radius 2 is 1.36 bits per heavy atom. The van der Waals surface area contributed by atoms with Crippen LogP contribution in [0.5, 0.6) is 0 Å². The van der Waals surface area contributed by atoms with Gasteiger partial charge in [-0.2, -0.15) is 0 Å². The van der Waals surface area contributed by atoms with Crippen molar-refractivity contribution in [3.8, 4) is 0 Å². The van der Waals surface area contributed by atoms with Crippen molar-refractivity contribution in [1.82, 2.24) is 0 Å². The second-order valence-corrected chi connectivity index (χ2v) is 5.73. The zero-order valence-corrected chi connectivity index (χ0v) is 13.3. The summed E-state index contributed by atoms with van der Waals surface area (Å²) in [6.07, 6.45) is -5.22. The number of aliphatic hydroxyl groups excluding tert-OH is 5. The Morgan fingerprint density at radius 1 is 1.00 bits per heavy atom. The monoisotopic (exact) mass is 410 g/mol. The Kier molecular flexibility index (Phi) is 14.5. The van der Waals surface area contributed by atoms with Crippen molar-refractivity contribution in [2.45, 2.75) is 18.3 Å². The SMILES string of the molecule is O=C(CO)[C@H](O)[C@@H](O)[C@H](O)CO.O=P([O-])([O-])OP(=O)([O-])[O-].[Fe+4]. The molecule has 0 aromatic heterocycles. The number of aliphatic hydroxyl groups is 5. The molecule has 0 saturated heterocycles. The maximum Gasteiger partial charge on any atom is 4.00 e. The summed E-state index contributed by atoms with van der Waals surface area (Å²) in [7, 11) is -11.4. The molecule has 0 heterocycles. The number of carbonyl (C=O) groups is 1. The van der Waals surface area contributed by atoms with Crippen LogP contribution in [0, 0.1) is 0 Å². The predicted octanol–water partition coefficient (Wildman–Crippen LogP) is -6.72. The number of ketones is 1. The molecule has 0 unspecified atom stereocenters. The van der Waals surface area contributed by atoms with E-state index in [1.807, 2.05) is 0 Å². The van der Waals surface area contributed by atoms with Crippen LogP contribution in [0.2, 0.25) is 0 Å². The van der Waals surface area contributed by atoms with E-state index in [0.717, 1.165) is 0 Å². The van der Waals surface area contributed by atoms with Gasteiger partial charge in [-0.25, -0.2) is 0 Å². The molecule has 0 fully saturated rings. The first-order valence-corrected chi connectivity index (χ1v) is 7.71. The molecule has 0 saturated carbocycles. The summed E-state index contributed by atoms with van der Waals surface area (Å²) >= 11 is 0. The van der Waals surface area contributed by atoms with Crippen LogP contribution in [0.25, 0.3) is 0 Å². The van der Waals surface area contributed by atoms with Crippen molar-refractivity contribution in [2.75, 3.05) is 13.2 Å². The number of rotatable bonds is 7. The van der Waals surface area contributed by atoms with Gasteiger partial charge in [0, 0.05) is 0 Å². The molecule has 0 spiro atoms. The van der Waals surface area contributed by atoms with Crippen molar-refractivity contribution in [2.24, 2.45) is 0 Å². The van der Waals surface area contributed by atoms with Gasteiger partial charge >= 0.3 is 17.1 Å². The van der Waals surface area contributed by atoms with Gasteiger partial charge in [0.25, 0.3) is 0 Å². The van der Waals surface area contributed by atoms with Gasteiger partial charge in [-0.1, -0.05) is 0 Å². The normalized spacial score (nSPS) is 15.7. The molecule has 0 bridgehead atoms. The van der Waals surface area contributed by atoms with Crippen molar-refractivity contribution in [1.29, 1.82) is 0 Å². The molecule has 22 heavy (non-hydrogen) atoms. The molecule has 5 N–H and O–H groups in total. The summed E-state index contributed by atoms with van der Waals surface area (Å²) in [6.45, 7) is -1.69. The van der Waals surface area contributed by atoms with E-state index in [2.05, 4.69) is 4.31 Å². The minimum absolute atomic E-state index is 0. The Labute approximate surface area is 134 Å². The zero-order chi connectivity index (χ0) is 17.4. The first kappa shape index (κ1) is 27.1. The fourth-order valence-electron chi connectivity index (χ4n) is 0.725. The molecular formula is C6H12FeO13P2. The molecule has 0 rings (SSSR count). The van der Waals surface area contributed by atoms with Crippen LogP contribution in [0.1, 0.15) is 0 Å². The summed E-state index contributed by atoms with van der Waals surface area (Å²) in [5.41, 5.74) is 0. The largest absolute Gasteiger partial charge is 4.00 e. The van der Waals surface area contributed by atoms with Crippen LogP contribution >= 0.6 is 15.6 Å². The second-order valence-electron chi connectivity index (χ2n) is 3.29. The van der Waals surface area contributed by atoms with Crippen LogP contribution in [-0.4, -0.2) is 62.8 Å². The number of carbonyl (C=O) groups excluding carboxylic acids is 1. The molecule has 0 aliphatic carbocycles. The van der Waals surface area contributed by atoms with Crippen LogP contribution in [0.15, 0.2) is 0 Å². The third-order valence-electron chi connectivity index (χ3n) is 1.59. The molecule has 0 aromatic carbocycles. The number of Topliss-reactive ketones (excluding diaryl/α,β-unsaturated/α-hetero) is 1. The fourth-order valence-corrected chi connectivity index (χ4v) is 1.70. The third kappa shape index (κ3) is 15.2. The Bertz CT molecular complexity index is 383. The van der Waals surface area contributed by atoms with Crippen LogP contribution in [-0.2, 0) is 35.3 Å². The van der Waals surface area contributed by atoms with Gasteiger partial charge in [0.05, 0.1) is 22.3 Å². The standard InChI is InChI=1S/C6H12O6.Fe.H4O7P2/c7-1-3(9)5(11)6(12)4(10)2-8;;1-8(2,3)7-9(4,5)6/h3,5-9,11-12H,1-2H2;;(H2,1,2,3)(H2,4,5,6)/q;+4;/p-4/t3-,5+,6+;;/m1../s1. The maximum absolute atomic E-state index is 10.5. The number of hydrogen-bond acceptors (Lipinski definition) is 13. The van der Waals surface area contributed by atoms with Crippen LogP contribution in [0.3, 0.4) is 0 Å². The Morgan fingerprint density at radius 3 is 1.55 bits per heavy atom. The topological polar surface area (TPSA) is 254 Å². The summed E-state index contributed by atoms with van der Waals surface area (Å²) in [4.78, 5) is 47.8.